The van der Waals surface area contributed by atoms with Crippen molar-refractivity contribution >= 4 is 6.09 Å². The fourth-order valence-corrected chi connectivity index (χ4v) is 4.16. The van der Waals surface area contributed by atoms with Gasteiger partial charge < -0.3 is 14.8 Å². The summed E-state index contributed by atoms with van der Waals surface area (Å²) in [6, 6.07) is 7.75. The standard InChI is InChI=1S/C26H27F6N3O3/c1-24(2,3)38-23(36)34-13-15-4-8-19(9-5-15)37-14-18-11-20(22(35-18)26(30,31)32)16-6-7-17(12-33)21(10-16)25(27,28)29/h4-10,18,20,22,35H,11,13-14H2,1-3H3,(H,34,36)/t18-,20?,22+/m0/s1. The third kappa shape index (κ3) is 7.77. The molecule has 1 unspecified atom stereocenters. The molecule has 0 aliphatic carbocycles. The monoisotopic (exact) mass is 543 g/mol. The molecule has 0 spiro atoms. The Morgan fingerprint density at radius 2 is 1.74 bits per heavy atom. The van der Waals surface area contributed by atoms with Crippen LogP contribution in [0.25, 0.3) is 0 Å². The van der Waals surface area contributed by atoms with Gasteiger partial charge in [-0.15, -0.1) is 0 Å². The number of hydrogen-bond donors (Lipinski definition) is 2. The molecule has 1 amide bonds. The Bertz CT molecular complexity index is 1170. The third-order valence-electron chi connectivity index (χ3n) is 5.82. The van der Waals surface area contributed by atoms with E-state index in [1.165, 1.54) is 6.07 Å². The van der Waals surface area contributed by atoms with Crippen LogP contribution in [0.15, 0.2) is 42.5 Å². The zero-order valence-corrected chi connectivity index (χ0v) is 20.8. The normalized spacial score (nSPS) is 20.1. The van der Waals surface area contributed by atoms with Gasteiger partial charge in [-0.25, -0.2) is 4.79 Å². The Kier molecular flexibility index (Phi) is 8.51. The van der Waals surface area contributed by atoms with E-state index in [0.717, 1.165) is 17.7 Å². The van der Waals surface area contributed by atoms with Crippen LogP contribution in [0.4, 0.5) is 31.1 Å². The number of alkyl halides is 6. The number of benzene rings is 2. The Morgan fingerprint density at radius 3 is 2.29 bits per heavy atom. The molecule has 2 aromatic rings. The van der Waals surface area contributed by atoms with Crippen LogP contribution in [0.5, 0.6) is 5.75 Å². The molecule has 0 aromatic heterocycles. The van der Waals surface area contributed by atoms with Gasteiger partial charge in [0.15, 0.2) is 0 Å². The molecule has 206 valence electrons. The summed E-state index contributed by atoms with van der Waals surface area (Å²) in [6.07, 6.45) is -10.3. The van der Waals surface area contributed by atoms with E-state index >= 15 is 0 Å². The zero-order chi connectivity index (χ0) is 28.3. The van der Waals surface area contributed by atoms with Crippen LogP contribution >= 0.6 is 0 Å². The Hall–Kier alpha value is -3.46. The van der Waals surface area contributed by atoms with E-state index in [1.807, 2.05) is 0 Å². The van der Waals surface area contributed by atoms with E-state index in [-0.39, 0.29) is 25.1 Å². The van der Waals surface area contributed by atoms with Crippen molar-refractivity contribution in [3.63, 3.8) is 0 Å². The molecule has 38 heavy (non-hydrogen) atoms. The van der Waals surface area contributed by atoms with Gasteiger partial charge in [0.25, 0.3) is 0 Å². The molecule has 1 saturated heterocycles. The summed E-state index contributed by atoms with van der Waals surface area (Å²) in [5.74, 6) is -0.920. The molecular formula is C26H27F6N3O3. The predicted molar refractivity (Wildman–Crippen MR) is 125 cm³/mol. The minimum absolute atomic E-state index is 0.120. The van der Waals surface area contributed by atoms with E-state index in [9.17, 15) is 31.1 Å². The lowest BCUT2D eigenvalue weighted by Crippen LogP contribution is -2.44. The second kappa shape index (κ2) is 11.1. The fourth-order valence-electron chi connectivity index (χ4n) is 4.16. The summed E-state index contributed by atoms with van der Waals surface area (Å²) < 4.78 is 92.2. The average Bonchev–Trinajstić information content (AvgIpc) is 3.25. The number of halogens is 6. The molecule has 1 fully saturated rings. The summed E-state index contributed by atoms with van der Waals surface area (Å²) >= 11 is 0. The van der Waals surface area contributed by atoms with Crippen molar-refractivity contribution < 1.29 is 40.6 Å². The second-order valence-corrected chi connectivity index (χ2v) is 9.95. The van der Waals surface area contributed by atoms with E-state index in [4.69, 9.17) is 14.7 Å². The van der Waals surface area contributed by atoms with Crippen molar-refractivity contribution in [1.82, 2.24) is 10.6 Å². The van der Waals surface area contributed by atoms with Gasteiger partial charge in [0.05, 0.1) is 17.2 Å². The van der Waals surface area contributed by atoms with Crippen molar-refractivity contribution in [1.29, 1.82) is 5.26 Å². The van der Waals surface area contributed by atoms with Gasteiger partial charge in [-0.3, -0.25) is 5.32 Å². The number of alkyl carbamates (subject to hydrolysis) is 1. The number of rotatable bonds is 6. The molecule has 3 atom stereocenters. The Balaban J connectivity index is 1.65. The van der Waals surface area contributed by atoms with Gasteiger partial charge in [0.2, 0.25) is 0 Å². The van der Waals surface area contributed by atoms with Crippen LogP contribution in [0, 0.1) is 11.3 Å². The van der Waals surface area contributed by atoms with Crippen LogP contribution < -0.4 is 15.4 Å². The number of carbonyl (C=O) groups is 1. The molecule has 2 aromatic carbocycles. The van der Waals surface area contributed by atoms with E-state index in [0.29, 0.717) is 11.8 Å². The predicted octanol–water partition coefficient (Wildman–Crippen LogP) is 6.06. The lowest BCUT2D eigenvalue weighted by Gasteiger charge is -2.23. The van der Waals surface area contributed by atoms with Crippen molar-refractivity contribution in [2.45, 2.75) is 69.7 Å². The van der Waals surface area contributed by atoms with Gasteiger partial charge in [0, 0.05) is 18.5 Å². The quantitative estimate of drug-likeness (QED) is 0.433. The summed E-state index contributed by atoms with van der Waals surface area (Å²) in [5, 5.41) is 14.0. The average molecular weight is 544 g/mol. The van der Waals surface area contributed by atoms with Crippen LogP contribution in [-0.2, 0) is 17.5 Å². The van der Waals surface area contributed by atoms with E-state index in [2.05, 4.69) is 10.6 Å². The Labute approximate surface area is 215 Å². The lowest BCUT2D eigenvalue weighted by molar-refractivity contribution is -0.156. The first-order valence-corrected chi connectivity index (χ1v) is 11.7. The highest BCUT2D eigenvalue weighted by atomic mass is 19.4. The van der Waals surface area contributed by atoms with E-state index < -0.39 is 53.2 Å². The van der Waals surface area contributed by atoms with Gasteiger partial charge >= 0.3 is 18.4 Å². The maximum Gasteiger partial charge on any atom is 0.417 e. The first kappa shape index (κ1) is 29.1. The van der Waals surface area contributed by atoms with Crippen LogP contribution in [0.1, 0.15) is 55.4 Å². The number of nitrogens with one attached hydrogen (secondary N) is 2. The lowest BCUT2D eigenvalue weighted by atomic mass is 9.88. The fraction of sp³-hybridized carbons (Fsp3) is 0.462. The molecule has 2 N–H and O–H groups in total. The van der Waals surface area contributed by atoms with Crippen molar-refractivity contribution in [3.05, 3.63) is 64.7 Å². The van der Waals surface area contributed by atoms with Crippen LogP contribution in [-0.4, -0.2) is 36.6 Å². The SMILES string of the molecule is CC(C)(C)OC(=O)NCc1ccc(OC[C@@H]2CC(c3ccc(C#N)c(C(F)(F)F)c3)[C@H](C(F)(F)F)N2)cc1. The molecule has 0 bridgehead atoms. The highest BCUT2D eigenvalue weighted by Gasteiger charge is 2.51. The number of ether oxygens (including phenoxy) is 2. The molecule has 3 rings (SSSR count). The van der Waals surface area contributed by atoms with E-state index in [1.54, 1.807) is 45.0 Å². The van der Waals surface area contributed by atoms with Gasteiger partial charge in [-0.05, 0) is 62.6 Å². The molecule has 0 saturated carbocycles. The van der Waals surface area contributed by atoms with Crippen molar-refractivity contribution in [2.24, 2.45) is 0 Å². The summed E-state index contributed by atoms with van der Waals surface area (Å²) in [5.41, 5.74) is -1.98. The zero-order valence-electron chi connectivity index (χ0n) is 20.8. The molecule has 1 aliphatic heterocycles. The van der Waals surface area contributed by atoms with Crippen LogP contribution in [0.3, 0.4) is 0 Å². The topological polar surface area (TPSA) is 83.4 Å². The highest BCUT2D eigenvalue weighted by Crippen LogP contribution is 2.42. The molecule has 6 nitrogen and oxygen atoms in total. The first-order chi connectivity index (χ1) is 17.6. The number of amides is 1. The third-order valence-corrected chi connectivity index (χ3v) is 5.82. The summed E-state index contributed by atoms with van der Waals surface area (Å²) in [4.78, 5) is 11.8. The van der Waals surface area contributed by atoms with Gasteiger partial charge in [0.1, 0.15) is 24.0 Å². The summed E-state index contributed by atoms with van der Waals surface area (Å²) in [6.45, 7) is 5.25. The minimum Gasteiger partial charge on any atom is -0.492 e. The largest absolute Gasteiger partial charge is 0.492 e. The number of nitriles is 1. The van der Waals surface area contributed by atoms with Gasteiger partial charge in [-0.2, -0.15) is 31.6 Å². The van der Waals surface area contributed by atoms with Crippen molar-refractivity contribution in [3.8, 4) is 11.8 Å². The molecule has 1 heterocycles. The highest BCUT2D eigenvalue weighted by molar-refractivity contribution is 5.67. The second-order valence-electron chi connectivity index (χ2n) is 9.95. The number of nitrogens with zero attached hydrogens (tertiary/aromatic N) is 1. The van der Waals surface area contributed by atoms with Gasteiger partial charge in [-0.1, -0.05) is 18.2 Å². The minimum atomic E-state index is -4.88. The first-order valence-electron chi connectivity index (χ1n) is 11.7. The number of hydrogen-bond acceptors (Lipinski definition) is 5. The number of carbonyl (C=O) groups excluding carboxylic acids is 1. The smallest absolute Gasteiger partial charge is 0.417 e. The molecule has 1 aliphatic rings. The van der Waals surface area contributed by atoms with Crippen molar-refractivity contribution in [2.75, 3.05) is 6.61 Å². The molecule has 12 heteroatoms. The Morgan fingerprint density at radius 1 is 1.08 bits per heavy atom. The maximum absolute atomic E-state index is 13.8. The maximum atomic E-state index is 13.8. The van der Waals surface area contributed by atoms with Crippen LogP contribution in [0.2, 0.25) is 0 Å². The summed E-state index contributed by atoms with van der Waals surface area (Å²) in [7, 11) is 0. The molecule has 0 radical (unpaired) electrons. The molecular weight excluding hydrogens is 516 g/mol.